The number of nitrogens with zero attached hydrogens (tertiary/aromatic N) is 2. The van der Waals surface area contributed by atoms with E-state index in [1.807, 2.05) is 12.1 Å². The topological polar surface area (TPSA) is 53.0 Å². The van der Waals surface area contributed by atoms with Crippen LogP contribution >= 0.6 is 0 Å². The Labute approximate surface area is 148 Å². The van der Waals surface area contributed by atoms with Crippen molar-refractivity contribution in [1.29, 1.82) is 0 Å². The average molecular weight is 340 g/mol. The van der Waals surface area contributed by atoms with E-state index in [9.17, 15) is 9.90 Å². The van der Waals surface area contributed by atoms with Gasteiger partial charge in [0, 0.05) is 38.4 Å². The predicted octanol–water partition coefficient (Wildman–Crippen LogP) is 3.27. The molecule has 1 fully saturated rings. The Kier molecular flexibility index (Phi) is 5.12. The summed E-state index contributed by atoms with van der Waals surface area (Å²) < 4.78 is 5.07. The summed E-state index contributed by atoms with van der Waals surface area (Å²) in [5, 5.41) is 10.1. The van der Waals surface area contributed by atoms with Gasteiger partial charge in [0.2, 0.25) is 0 Å². The van der Waals surface area contributed by atoms with Gasteiger partial charge in [-0.25, -0.2) is 0 Å². The van der Waals surface area contributed by atoms with Crippen molar-refractivity contribution in [3.8, 4) is 11.5 Å². The number of anilines is 1. The van der Waals surface area contributed by atoms with Crippen LogP contribution in [0.5, 0.6) is 11.5 Å². The number of carbonyl (C=O) groups excluding carboxylic acids is 1. The smallest absolute Gasteiger partial charge is 0.257 e. The van der Waals surface area contributed by atoms with Gasteiger partial charge in [-0.2, -0.15) is 0 Å². The molecule has 5 nitrogen and oxygen atoms in total. The molecule has 3 rings (SSSR count). The van der Waals surface area contributed by atoms with Gasteiger partial charge in [0.1, 0.15) is 11.5 Å². The fourth-order valence-electron chi connectivity index (χ4n) is 3.26. The number of phenolic OH excluding ortho intramolecular Hbond substituents is 1. The fourth-order valence-corrected chi connectivity index (χ4v) is 3.26. The molecule has 0 saturated carbocycles. The Hall–Kier alpha value is -2.69. The minimum atomic E-state index is -0.212. The summed E-state index contributed by atoms with van der Waals surface area (Å²) >= 11 is 0. The molecule has 5 heteroatoms. The Morgan fingerprint density at radius 3 is 2.60 bits per heavy atom. The van der Waals surface area contributed by atoms with E-state index in [1.165, 1.54) is 31.7 Å². The summed E-state index contributed by atoms with van der Waals surface area (Å²) in [7, 11) is 3.28. The molecule has 0 radical (unpaired) electrons. The zero-order valence-corrected chi connectivity index (χ0v) is 14.7. The molecular weight excluding hydrogens is 316 g/mol. The molecule has 2 aromatic carbocycles. The van der Waals surface area contributed by atoms with Gasteiger partial charge >= 0.3 is 0 Å². The predicted molar refractivity (Wildman–Crippen MR) is 98.3 cm³/mol. The lowest BCUT2D eigenvalue weighted by Gasteiger charge is -2.24. The molecule has 0 bridgehead atoms. The standard InChI is InChI=1S/C20H24N2O3/c1-21(20(24)17-10-9-16(25-2)13-19(17)23)14-15-7-3-4-8-18(15)22-11-5-6-12-22/h3-4,7-10,13,23H,5-6,11-12,14H2,1-2H3. The van der Waals surface area contributed by atoms with Crippen LogP contribution in [0.2, 0.25) is 0 Å². The number of hydrogen-bond acceptors (Lipinski definition) is 4. The van der Waals surface area contributed by atoms with Crippen LogP contribution < -0.4 is 9.64 Å². The first kappa shape index (κ1) is 17.1. The van der Waals surface area contributed by atoms with Crippen LogP contribution in [0.3, 0.4) is 0 Å². The molecule has 25 heavy (non-hydrogen) atoms. The highest BCUT2D eigenvalue weighted by Crippen LogP contribution is 2.27. The summed E-state index contributed by atoms with van der Waals surface area (Å²) in [5.74, 6) is 0.247. The number of benzene rings is 2. The summed E-state index contributed by atoms with van der Waals surface area (Å²) in [5.41, 5.74) is 2.59. The minimum Gasteiger partial charge on any atom is -0.507 e. The fraction of sp³-hybridized carbons (Fsp3) is 0.350. The zero-order valence-electron chi connectivity index (χ0n) is 14.7. The highest BCUT2D eigenvalue weighted by Gasteiger charge is 2.20. The molecule has 1 amide bonds. The molecule has 1 N–H and O–H groups in total. The van der Waals surface area contributed by atoms with Crippen LogP contribution in [0.15, 0.2) is 42.5 Å². The number of para-hydroxylation sites is 1. The van der Waals surface area contributed by atoms with Crippen LogP contribution in [-0.2, 0) is 6.54 Å². The lowest BCUT2D eigenvalue weighted by atomic mass is 10.1. The molecule has 1 aliphatic rings. The zero-order chi connectivity index (χ0) is 17.8. The van der Waals surface area contributed by atoms with Crippen molar-refractivity contribution in [2.24, 2.45) is 0 Å². The number of hydrogen-bond donors (Lipinski definition) is 1. The van der Waals surface area contributed by atoms with E-state index in [-0.39, 0.29) is 17.2 Å². The number of aromatic hydroxyl groups is 1. The quantitative estimate of drug-likeness (QED) is 0.908. The van der Waals surface area contributed by atoms with E-state index in [0.717, 1.165) is 18.7 Å². The van der Waals surface area contributed by atoms with Crippen molar-refractivity contribution in [3.05, 3.63) is 53.6 Å². The van der Waals surface area contributed by atoms with Crippen LogP contribution in [0.4, 0.5) is 5.69 Å². The molecule has 0 atom stereocenters. The Bertz CT molecular complexity index is 754. The van der Waals surface area contributed by atoms with Gasteiger partial charge in [-0.05, 0) is 36.6 Å². The Balaban J connectivity index is 1.78. The summed E-state index contributed by atoms with van der Waals surface area (Å²) in [6.07, 6.45) is 2.42. The van der Waals surface area contributed by atoms with E-state index in [1.54, 1.807) is 24.1 Å². The van der Waals surface area contributed by atoms with E-state index < -0.39 is 0 Å². The summed E-state index contributed by atoms with van der Waals surface area (Å²) in [6, 6.07) is 12.9. The van der Waals surface area contributed by atoms with E-state index >= 15 is 0 Å². The number of ether oxygens (including phenoxy) is 1. The molecule has 0 spiro atoms. The maximum Gasteiger partial charge on any atom is 0.257 e. The second-order valence-corrected chi connectivity index (χ2v) is 6.37. The first-order valence-corrected chi connectivity index (χ1v) is 8.55. The molecule has 1 saturated heterocycles. The second kappa shape index (κ2) is 7.47. The SMILES string of the molecule is COc1ccc(C(=O)N(C)Cc2ccccc2N2CCCC2)c(O)c1. The normalized spacial score (nSPS) is 13.8. The van der Waals surface area contributed by atoms with Crippen LogP contribution in [0, 0.1) is 0 Å². The van der Waals surface area contributed by atoms with Crippen LogP contribution in [0.25, 0.3) is 0 Å². The van der Waals surface area contributed by atoms with Crippen LogP contribution in [-0.4, -0.2) is 43.2 Å². The van der Waals surface area contributed by atoms with Gasteiger partial charge in [-0.15, -0.1) is 0 Å². The molecule has 132 valence electrons. The second-order valence-electron chi connectivity index (χ2n) is 6.37. The largest absolute Gasteiger partial charge is 0.507 e. The number of phenols is 1. The number of carbonyl (C=O) groups is 1. The highest BCUT2D eigenvalue weighted by atomic mass is 16.5. The highest BCUT2D eigenvalue weighted by molar-refractivity contribution is 5.96. The minimum absolute atomic E-state index is 0.0657. The molecule has 2 aromatic rings. The maximum absolute atomic E-state index is 12.7. The third kappa shape index (κ3) is 3.71. The summed E-state index contributed by atoms with van der Waals surface area (Å²) in [6.45, 7) is 2.62. The first-order chi connectivity index (χ1) is 12.1. The lowest BCUT2D eigenvalue weighted by Crippen LogP contribution is -2.28. The Morgan fingerprint density at radius 1 is 1.20 bits per heavy atom. The van der Waals surface area contributed by atoms with Crippen molar-refractivity contribution < 1.29 is 14.6 Å². The van der Waals surface area contributed by atoms with Gasteiger partial charge in [0.15, 0.2) is 0 Å². The molecule has 0 aromatic heterocycles. The molecule has 1 heterocycles. The maximum atomic E-state index is 12.7. The number of rotatable bonds is 5. The number of methoxy groups -OCH3 is 1. The van der Waals surface area contributed by atoms with E-state index in [4.69, 9.17) is 4.74 Å². The van der Waals surface area contributed by atoms with Crippen molar-refractivity contribution in [1.82, 2.24) is 4.90 Å². The van der Waals surface area contributed by atoms with Gasteiger partial charge in [-0.3, -0.25) is 4.79 Å². The van der Waals surface area contributed by atoms with Crippen molar-refractivity contribution in [3.63, 3.8) is 0 Å². The monoisotopic (exact) mass is 340 g/mol. The van der Waals surface area contributed by atoms with Crippen molar-refractivity contribution in [2.45, 2.75) is 19.4 Å². The molecule has 0 aliphatic carbocycles. The Morgan fingerprint density at radius 2 is 1.92 bits per heavy atom. The van der Waals surface area contributed by atoms with E-state index in [2.05, 4.69) is 17.0 Å². The van der Waals surface area contributed by atoms with Crippen molar-refractivity contribution in [2.75, 3.05) is 32.1 Å². The lowest BCUT2D eigenvalue weighted by molar-refractivity contribution is 0.0782. The van der Waals surface area contributed by atoms with Crippen molar-refractivity contribution >= 4 is 11.6 Å². The average Bonchev–Trinajstić information content (AvgIpc) is 3.16. The molecular formula is C20H24N2O3. The molecule has 0 unspecified atom stereocenters. The van der Waals surface area contributed by atoms with Gasteiger partial charge in [0.25, 0.3) is 5.91 Å². The van der Waals surface area contributed by atoms with Gasteiger partial charge < -0.3 is 19.6 Å². The van der Waals surface area contributed by atoms with Crippen LogP contribution in [0.1, 0.15) is 28.8 Å². The van der Waals surface area contributed by atoms with Gasteiger partial charge in [-0.1, -0.05) is 18.2 Å². The number of amides is 1. The third-order valence-electron chi connectivity index (χ3n) is 4.63. The van der Waals surface area contributed by atoms with Gasteiger partial charge in [0.05, 0.1) is 12.7 Å². The first-order valence-electron chi connectivity index (χ1n) is 8.55. The summed E-state index contributed by atoms with van der Waals surface area (Å²) in [4.78, 5) is 16.7. The van der Waals surface area contributed by atoms with E-state index in [0.29, 0.717) is 12.3 Å². The third-order valence-corrected chi connectivity index (χ3v) is 4.63. The molecule has 1 aliphatic heterocycles.